The summed E-state index contributed by atoms with van der Waals surface area (Å²) in [5.74, 6) is 0.910. The third kappa shape index (κ3) is 5.50. The zero-order valence-electron chi connectivity index (χ0n) is 18.1. The van der Waals surface area contributed by atoms with Gasteiger partial charge in [0.05, 0.1) is 0 Å². The summed E-state index contributed by atoms with van der Waals surface area (Å²) < 4.78 is 0. The van der Waals surface area contributed by atoms with Gasteiger partial charge in [-0.3, -0.25) is 14.6 Å². The Morgan fingerprint density at radius 3 is 2.52 bits per heavy atom. The molecule has 29 heavy (non-hydrogen) atoms. The standard InChI is InChI=1S/C23H35N3O3/c1-23(2,3)12-20(25(4)22(28)29)21(27)24-19-11-10-17-14-26(15-18(17)19)13-16-8-6-5-7-9-16/h5-9,17-20H,10-15H2,1-4H3,(H,24,27)(H,28,29)/t17-,18?,19?,20+/m1/s1. The van der Waals surface area contributed by atoms with E-state index in [1.807, 2.05) is 26.8 Å². The molecule has 3 rings (SSSR count). The summed E-state index contributed by atoms with van der Waals surface area (Å²) in [5.41, 5.74) is 1.19. The molecule has 2 N–H and O–H groups in total. The Balaban J connectivity index is 1.61. The van der Waals surface area contributed by atoms with Gasteiger partial charge in [-0.25, -0.2) is 4.79 Å². The number of benzene rings is 1. The third-order valence-corrected chi connectivity index (χ3v) is 6.39. The maximum absolute atomic E-state index is 13.1. The van der Waals surface area contributed by atoms with Gasteiger partial charge in [-0.05, 0) is 42.1 Å². The monoisotopic (exact) mass is 401 g/mol. The molecule has 6 nitrogen and oxygen atoms in total. The van der Waals surface area contributed by atoms with Gasteiger partial charge in [-0.2, -0.15) is 0 Å². The van der Waals surface area contributed by atoms with E-state index < -0.39 is 12.1 Å². The first-order valence-electron chi connectivity index (χ1n) is 10.7. The van der Waals surface area contributed by atoms with Gasteiger partial charge in [-0.15, -0.1) is 0 Å². The quantitative estimate of drug-likeness (QED) is 0.766. The summed E-state index contributed by atoms with van der Waals surface area (Å²) >= 11 is 0. The minimum atomic E-state index is -1.06. The van der Waals surface area contributed by atoms with E-state index in [4.69, 9.17) is 0 Å². The number of nitrogens with zero attached hydrogens (tertiary/aromatic N) is 2. The summed E-state index contributed by atoms with van der Waals surface area (Å²) in [6, 6.07) is 9.98. The highest BCUT2D eigenvalue weighted by molar-refractivity contribution is 5.85. The first-order chi connectivity index (χ1) is 13.6. The topological polar surface area (TPSA) is 72.9 Å². The average molecular weight is 402 g/mol. The lowest BCUT2D eigenvalue weighted by Gasteiger charge is -2.32. The van der Waals surface area contributed by atoms with Crippen LogP contribution >= 0.6 is 0 Å². The Morgan fingerprint density at radius 1 is 1.21 bits per heavy atom. The summed E-state index contributed by atoms with van der Waals surface area (Å²) in [4.78, 5) is 28.2. The first-order valence-corrected chi connectivity index (χ1v) is 10.7. The Hall–Kier alpha value is -2.08. The summed E-state index contributed by atoms with van der Waals surface area (Å²) in [6.45, 7) is 9.12. The molecule has 2 unspecified atom stereocenters. The lowest BCUT2D eigenvalue weighted by molar-refractivity contribution is -0.127. The van der Waals surface area contributed by atoms with E-state index in [9.17, 15) is 14.7 Å². The van der Waals surface area contributed by atoms with Crippen molar-refractivity contribution in [1.29, 1.82) is 0 Å². The maximum Gasteiger partial charge on any atom is 0.407 e. The van der Waals surface area contributed by atoms with E-state index in [-0.39, 0.29) is 17.4 Å². The van der Waals surface area contributed by atoms with Crippen molar-refractivity contribution in [2.24, 2.45) is 17.3 Å². The average Bonchev–Trinajstić information content (AvgIpc) is 3.20. The van der Waals surface area contributed by atoms with Crippen LogP contribution in [-0.2, 0) is 11.3 Å². The molecule has 2 amide bonds. The molecule has 4 atom stereocenters. The Kier molecular flexibility index (Phi) is 6.52. The number of carbonyl (C=O) groups is 2. The van der Waals surface area contributed by atoms with E-state index in [1.54, 1.807) is 0 Å². The van der Waals surface area contributed by atoms with Crippen LogP contribution in [0.3, 0.4) is 0 Å². The molecule has 2 fully saturated rings. The van der Waals surface area contributed by atoms with Crippen LogP contribution in [0.25, 0.3) is 0 Å². The van der Waals surface area contributed by atoms with E-state index in [0.717, 1.165) is 37.4 Å². The molecular weight excluding hydrogens is 366 g/mol. The lowest BCUT2D eigenvalue weighted by atomic mass is 9.87. The van der Waals surface area contributed by atoms with Gasteiger partial charge in [-0.1, -0.05) is 51.1 Å². The molecule has 2 aliphatic rings. The van der Waals surface area contributed by atoms with Crippen molar-refractivity contribution < 1.29 is 14.7 Å². The fourth-order valence-corrected chi connectivity index (χ4v) is 4.91. The number of likely N-dealkylation sites (tertiary alicyclic amines) is 1. The molecule has 1 aromatic rings. The number of amides is 2. The number of hydrogen-bond donors (Lipinski definition) is 2. The van der Waals surface area contributed by atoms with Crippen LogP contribution in [0.15, 0.2) is 30.3 Å². The van der Waals surface area contributed by atoms with Crippen LogP contribution < -0.4 is 5.32 Å². The molecule has 1 aliphatic carbocycles. The predicted octanol–water partition coefficient (Wildman–Crippen LogP) is 3.43. The van der Waals surface area contributed by atoms with Crippen molar-refractivity contribution in [3.8, 4) is 0 Å². The van der Waals surface area contributed by atoms with E-state index in [1.165, 1.54) is 12.6 Å². The Bertz CT molecular complexity index is 716. The molecule has 1 aromatic carbocycles. The molecule has 1 saturated heterocycles. The van der Waals surface area contributed by atoms with Crippen molar-refractivity contribution in [2.75, 3.05) is 20.1 Å². The lowest BCUT2D eigenvalue weighted by Crippen LogP contribution is -2.52. The molecule has 6 heteroatoms. The van der Waals surface area contributed by atoms with Gasteiger partial charge in [0.15, 0.2) is 0 Å². The number of nitrogens with one attached hydrogen (secondary N) is 1. The largest absolute Gasteiger partial charge is 0.465 e. The van der Waals surface area contributed by atoms with Gasteiger partial charge in [0, 0.05) is 32.7 Å². The minimum absolute atomic E-state index is 0.135. The number of hydrogen-bond acceptors (Lipinski definition) is 3. The second-order valence-corrected chi connectivity index (χ2v) is 9.97. The highest BCUT2D eigenvalue weighted by atomic mass is 16.4. The van der Waals surface area contributed by atoms with Crippen LogP contribution in [0.5, 0.6) is 0 Å². The zero-order chi connectivity index (χ0) is 21.2. The number of rotatable bonds is 6. The fraction of sp³-hybridized carbons (Fsp3) is 0.652. The molecule has 0 spiro atoms. The maximum atomic E-state index is 13.1. The molecular formula is C23H35N3O3. The number of likely N-dealkylation sites (N-methyl/N-ethyl adjacent to an activating group) is 1. The highest BCUT2D eigenvalue weighted by Gasteiger charge is 2.44. The first kappa shape index (κ1) is 21.6. The van der Waals surface area contributed by atoms with Crippen LogP contribution in [0.4, 0.5) is 4.79 Å². The molecule has 0 aromatic heterocycles. The van der Waals surface area contributed by atoms with Gasteiger partial charge in [0.1, 0.15) is 6.04 Å². The molecule has 1 saturated carbocycles. The van der Waals surface area contributed by atoms with Gasteiger partial charge >= 0.3 is 6.09 Å². The normalized spacial score (nSPS) is 25.4. The van der Waals surface area contributed by atoms with Crippen molar-refractivity contribution in [3.05, 3.63) is 35.9 Å². The van der Waals surface area contributed by atoms with Crippen molar-refractivity contribution >= 4 is 12.0 Å². The van der Waals surface area contributed by atoms with Crippen molar-refractivity contribution in [1.82, 2.24) is 15.1 Å². The van der Waals surface area contributed by atoms with Crippen molar-refractivity contribution in [3.63, 3.8) is 0 Å². The number of carboxylic acid groups (broad SMARTS) is 1. The van der Waals surface area contributed by atoms with Crippen LogP contribution in [0, 0.1) is 17.3 Å². The van der Waals surface area contributed by atoms with E-state index >= 15 is 0 Å². The van der Waals surface area contributed by atoms with Crippen LogP contribution in [0.1, 0.15) is 45.6 Å². The second kappa shape index (κ2) is 8.74. The number of carbonyl (C=O) groups excluding carboxylic acids is 1. The molecule has 1 aliphatic heterocycles. The Morgan fingerprint density at radius 2 is 1.90 bits per heavy atom. The Labute approximate surface area is 174 Å². The summed E-state index contributed by atoms with van der Waals surface area (Å²) in [5, 5.41) is 12.6. The van der Waals surface area contributed by atoms with E-state index in [2.05, 4.69) is 34.5 Å². The summed E-state index contributed by atoms with van der Waals surface area (Å²) in [6.07, 6.45) is 1.55. The fourth-order valence-electron chi connectivity index (χ4n) is 4.91. The van der Waals surface area contributed by atoms with E-state index in [0.29, 0.717) is 18.3 Å². The molecule has 160 valence electrons. The molecule has 1 heterocycles. The van der Waals surface area contributed by atoms with Crippen molar-refractivity contribution in [2.45, 2.75) is 58.7 Å². The van der Waals surface area contributed by atoms with Gasteiger partial charge < -0.3 is 10.4 Å². The SMILES string of the molecule is CN(C(=O)O)[C@@H](CC(C)(C)C)C(=O)NC1CC[C@@H]2CN(Cc3ccccc3)CC12. The van der Waals surface area contributed by atoms with Gasteiger partial charge in [0.2, 0.25) is 5.91 Å². The van der Waals surface area contributed by atoms with Gasteiger partial charge in [0.25, 0.3) is 0 Å². The zero-order valence-corrected chi connectivity index (χ0v) is 18.1. The van der Waals surface area contributed by atoms with Crippen LogP contribution in [0.2, 0.25) is 0 Å². The highest BCUT2D eigenvalue weighted by Crippen LogP contribution is 2.39. The molecule has 0 radical (unpaired) electrons. The third-order valence-electron chi connectivity index (χ3n) is 6.39. The molecule has 0 bridgehead atoms. The van der Waals surface area contributed by atoms with Crippen LogP contribution in [-0.4, -0.2) is 59.1 Å². The number of fused-ring (bicyclic) bond motifs is 1. The summed E-state index contributed by atoms with van der Waals surface area (Å²) in [7, 11) is 1.49. The minimum Gasteiger partial charge on any atom is -0.465 e. The predicted molar refractivity (Wildman–Crippen MR) is 114 cm³/mol. The second-order valence-electron chi connectivity index (χ2n) is 9.97. The smallest absolute Gasteiger partial charge is 0.407 e.